The van der Waals surface area contributed by atoms with Gasteiger partial charge in [-0.3, -0.25) is 4.57 Å². The highest BCUT2D eigenvalue weighted by Gasteiger charge is 2.20. The van der Waals surface area contributed by atoms with Crippen LogP contribution in [0.3, 0.4) is 0 Å². The summed E-state index contributed by atoms with van der Waals surface area (Å²) in [5.41, 5.74) is -0.541. The average Bonchev–Trinajstić information content (AvgIpc) is 1.57. The van der Waals surface area contributed by atoms with Crippen LogP contribution in [0.4, 0.5) is 0 Å². The van der Waals surface area contributed by atoms with E-state index >= 15 is 0 Å². The van der Waals surface area contributed by atoms with Crippen LogP contribution in [-0.2, 0) is 9.13 Å². The minimum Gasteiger partial charge on any atom is -0.336 e. The minimum atomic E-state index is -4.23. The summed E-state index contributed by atoms with van der Waals surface area (Å²) in [4.78, 5) is 24.8. The Balaban J connectivity index is 3.79. The van der Waals surface area contributed by atoms with Gasteiger partial charge < -0.3 is 14.7 Å². The highest BCUT2D eigenvalue weighted by atomic mass is 32.7. The standard InChI is InChI=1S/CH6O5P2S2/c2-7(3,9)1-10-8(4,5)6/h1H2,(H2,2,3,9)(H2,4,5,6). The normalized spacial score (nSPS) is 18.4. The zero-order valence-corrected chi connectivity index (χ0v) is 8.11. The van der Waals surface area contributed by atoms with E-state index in [1.165, 1.54) is 0 Å². The molecule has 10 heavy (non-hydrogen) atoms. The van der Waals surface area contributed by atoms with Crippen molar-refractivity contribution < 1.29 is 23.8 Å². The molecule has 0 radical (unpaired) electrons. The molecular formula is CH6O5P2S2. The fourth-order valence-corrected chi connectivity index (χ4v) is 5.46. The molecule has 1 unspecified atom stereocenters. The van der Waals surface area contributed by atoms with Gasteiger partial charge in [0.1, 0.15) is 0 Å². The summed E-state index contributed by atoms with van der Waals surface area (Å²) in [6, 6.07) is 0. The first-order valence-electron chi connectivity index (χ1n) is 1.95. The van der Waals surface area contributed by atoms with Crippen LogP contribution < -0.4 is 0 Å². The smallest absolute Gasteiger partial charge is 0.336 e. The molecule has 0 aliphatic rings. The largest absolute Gasteiger partial charge is 0.384 e. The highest BCUT2D eigenvalue weighted by Crippen LogP contribution is 2.59. The molecule has 0 rings (SSSR count). The van der Waals surface area contributed by atoms with E-state index in [0.29, 0.717) is 0 Å². The topological polar surface area (TPSA) is 94.8 Å². The zero-order chi connectivity index (χ0) is 8.41. The van der Waals surface area contributed by atoms with Crippen molar-refractivity contribution in [3.63, 3.8) is 0 Å². The fourth-order valence-electron chi connectivity index (χ4n) is 0.150. The number of rotatable bonds is 3. The van der Waals surface area contributed by atoms with Gasteiger partial charge in [0, 0.05) is 0 Å². The van der Waals surface area contributed by atoms with Crippen molar-refractivity contribution in [2.75, 3.05) is 5.49 Å². The molecule has 0 aliphatic carbocycles. The molecule has 0 fully saturated rings. The Hall–Kier alpha value is 1.04. The molecule has 62 valence electrons. The summed E-state index contributed by atoms with van der Waals surface area (Å²) in [5.74, 6) is 0. The maximum absolute atomic E-state index is 10.3. The van der Waals surface area contributed by atoms with Crippen molar-refractivity contribution in [1.29, 1.82) is 0 Å². The van der Waals surface area contributed by atoms with Gasteiger partial charge in [0.25, 0.3) is 6.57 Å². The first-order chi connectivity index (χ1) is 4.21. The molecule has 0 aromatic carbocycles. The zero-order valence-electron chi connectivity index (χ0n) is 4.62. The highest BCUT2D eigenvalue weighted by molar-refractivity contribution is 8.60. The second-order valence-electron chi connectivity index (χ2n) is 1.41. The third-order valence-electron chi connectivity index (χ3n) is 0.394. The van der Waals surface area contributed by atoms with Gasteiger partial charge in [0.15, 0.2) is 0 Å². The molecule has 0 saturated heterocycles. The van der Waals surface area contributed by atoms with E-state index in [0.717, 1.165) is 0 Å². The lowest BCUT2D eigenvalue weighted by atomic mass is 11.9. The van der Waals surface area contributed by atoms with Crippen LogP contribution in [0, 0.1) is 0 Å². The van der Waals surface area contributed by atoms with Gasteiger partial charge in [0.2, 0.25) is 0 Å². The molecule has 0 bridgehead atoms. The van der Waals surface area contributed by atoms with Gasteiger partial charge in [-0.15, -0.1) is 0 Å². The third kappa shape index (κ3) is 9.04. The van der Waals surface area contributed by atoms with Crippen LogP contribution in [0.15, 0.2) is 0 Å². The van der Waals surface area contributed by atoms with Crippen LogP contribution in [0.2, 0.25) is 0 Å². The van der Waals surface area contributed by atoms with Crippen molar-refractivity contribution >= 4 is 37.0 Å². The Morgan fingerprint density at radius 2 is 1.70 bits per heavy atom. The molecule has 1 atom stereocenters. The summed E-state index contributed by atoms with van der Waals surface area (Å²) >= 11 is 3.33. The predicted octanol–water partition coefficient (Wildman–Crippen LogP) is 0.885. The Labute approximate surface area is 66.7 Å². The quantitative estimate of drug-likeness (QED) is 0.420. The summed E-state index contributed by atoms with van der Waals surface area (Å²) in [5, 5.41) is 0. The van der Waals surface area contributed by atoms with E-state index in [1.807, 2.05) is 0 Å². The Morgan fingerprint density at radius 3 is 1.80 bits per heavy atom. The van der Waals surface area contributed by atoms with E-state index in [-0.39, 0.29) is 11.4 Å². The lowest BCUT2D eigenvalue weighted by molar-refractivity contribution is 0.397. The Bertz CT molecular complexity index is 168. The van der Waals surface area contributed by atoms with Crippen LogP contribution >= 0.6 is 37.0 Å². The molecule has 5 nitrogen and oxygen atoms in total. The summed E-state index contributed by atoms with van der Waals surface area (Å²) < 4.78 is 20.4. The molecule has 0 spiro atoms. The average molecular weight is 224 g/mol. The summed E-state index contributed by atoms with van der Waals surface area (Å²) in [7, 11) is 0. The van der Waals surface area contributed by atoms with E-state index in [9.17, 15) is 9.13 Å². The van der Waals surface area contributed by atoms with Gasteiger partial charge in [0.05, 0.1) is 5.49 Å². The van der Waals surface area contributed by atoms with Crippen molar-refractivity contribution in [3.05, 3.63) is 0 Å². The molecule has 0 amide bonds. The molecule has 0 heterocycles. The Kier molecular flexibility index (Phi) is 4.00. The number of hydrogen-bond donors (Lipinski definition) is 4. The molecule has 0 aromatic rings. The second-order valence-corrected chi connectivity index (χ2v) is 9.09. The second kappa shape index (κ2) is 3.63. The lowest BCUT2D eigenvalue weighted by Crippen LogP contribution is -1.76. The molecule has 0 aliphatic heterocycles. The SMILES string of the molecule is O=P(O)(S)CSP(=O)(O)O. The molecule has 3 N–H and O–H groups in total. The van der Waals surface area contributed by atoms with Crippen molar-refractivity contribution in [2.45, 2.75) is 0 Å². The summed E-state index contributed by atoms with van der Waals surface area (Å²) in [6.45, 7) is -7.82. The van der Waals surface area contributed by atoms with E-state index in [1.54, 1.807) is 0 Å². The number of thiol groups is 1. The van der Waals surface area contributed by atoms with Crippen LogP contribution in [0.5, 0.6) is 0 Å². The van der Waals surface area contributed by atoms with Crippen molar-refractivity contribution in [1.82, 2.24) is 0 Å². The van der Waals surface area contributed by atoms with Crippen LogP contribution in [0.1, 0.15) is 0 Å². The van der Waals surface area contributed by atoms with Crippen molar-refractivity contribution in [2.24, 2.45) is 0 Å². The molecular weight excluding hydrogens is 218 g/mol. The van der Waals surface area contributed by atoms with Crippen LogP contribution in [-0.4, -0.2) is 20.2 Å². The third-order valence-corrected chi connectivity index (χ3v) is 5.63. The molecule has 0 saturated carbocycles. The lowest BCUT2D eigenvalue weighted by Gasteiger charge is -2.03. The predicted molar refractivity (Wildman–Crippen MR) is 43.3 cm³/mol. The fraction of sp³-hybridized carbons (Fsp3) is 1.00. The Morgan fingerprint density at radius 1 is 1.30 bits per heavy atom. The van der Waals surface area contributed by atoms with E-state index in [4.69, 9.17) is 14.7 Å². The van der Waals surface area contributed by atoms with Gasteiger partial charge in [-0.05, 0) is 11.4 Å². The first kappa shape index (κ1) is 11.0. The molecule has 9 heteroatoms. The van der Waals surface area contributed by atoms with Crippen molar-refractivity contribution in [3.8, 4) is 0 Å². The van der Waals surface area contributed by atoms with Crippen LogP contribution in [0.25, 0.3) is 0 Å². The van der Waals surface area contributed by atoms with E-state index < -0.39 is 18.9 Å². The van der Waals surface area contributed by atoms with Gasteiger partial charge in [-0.25, -0.2) is 4.57 Å². The molecule has 0 aromatic heterocycles. The van der Waals surface area contributed by atoms with E-state index in [2.05, 4.69) is 12.2 Å². The minimum absolute atomic E-state index is 0.118. The summed E-state index contributed by atoms with van der Waals surface area (Å²) in [6.07, 6.45) is 0. The monoisotopic (exact) mass is 224 g/mol. The maximum atomic E-state index is 10.3. The van der Waals surface area contributed by atoms with Gasteiger partial charge in [-0.2, -0.15) is 0 Å². The van der Waals surface area contributed by atoms with Gasteiger partial charge >= 0.3 is 6.80 Å². The van der Waals surface area contributed by atoms with Gasteiger partial charge in [-0.1, -0.05) is 12.2 Å². The number of hydrogen-bond acceptors (Lipinski definition) is 3. The first-order valence-corrected chi connectivity index (χ1v) is 8.15. The maximum Gasteiger partial charge on any atom is 0.384 e.